The van der Waals surface area contributed by atoms with Crippen LogP contribution in [0.25, 0.3) is 0 Å². The highest BCUT2D eigenvalue weighted by atomic mass is 35.5. The number of hydrogen-bond donors (Lipinski definition) is 4. The normalized spacial score (nSPS) is 8.62. The fourth-order valence-corrected chi connectivity index (χ4v) is 1.29. The van der Waals surface area contributed by atoms with Crippen molar-refractivity contribution in [1.29, 1.82) is 0 Å². The molecule has 140 valence electrons. The van der Waals surface area contributed by atoms with Crippen LogP contribution in [0.1, 0.15) is 41.7 Å². The molecule has 0 spiro atoms. The fourth-order valence-electron chi connectivity index (χ4n) is 1.29. The molecule has 0 atom stereocenters. The first-order valence-electron chi connectivity index (χ1n) is 6.07. The van der Waals surface area contributed by atoms with E-state index in [1.807, 2.05) is 0 Å². The number of carboxylic acid groups (broad SMARTS) is 4. The van der Waals surface area contributed by atoms with E-state index >= 15 is 0 Å². The molecule has 2 aromatic rings. The van der Waals surface area contributed by atoms with Crippen molar-refractivity contribution in [3.63, 3.8) is 0 Å². The average Bonchev–Trinajstić information content (AvgIpc) is 2.55. The molecule has 0 aromatic carbocycles. The molecule has 0 aliphatic heterocycles. The van der Waals surface area contributed by atoms with E-state index in [-0.39, 0.29) is 47.3 Å². The van der Waals surface area contributed by atoms with Gasteiger partial charge in [-0.05, 0) is 24.3 Å². The molecule has 12 heteroatoms. The van der Waals surface area contributed by atoms with E-state index in [9.17, 15) is 19.2 Å². The Morgan fingerprint density at radius 2 is 0.885 bits per heavy atom. The van der Waals surface area contributed by atoms with Gasteiger partial charge in [0.15, 0.2) is 0 Å². The van der Waals surface area contributed by atoms with E-state index in [4.69, 9.17) is 20.4 Å². The van der Waals surface area contributed by atoms with Crippen molar-refractivity contribution >= 4 is 48.7 Å². The van der Waals surface area contributed by atoms with Crippen LogP contribution < -0.4 is 0 Å². The number of halogens is 2. The molecule has 0 radical (unpaired) electrons. The molecular formula is C14H12Cl2N2O8. The van der Waals surface area contributed by atoms with E-state index < -0.39 is 23.9 Å². The van der Waals surface area contributed by atoms with Crippen LogP contribution in [-0.4, -0.2) is 54.3 Å². The topological polar surface area (TPSA) is 175 Å². The van der Waals surface area contributed by atoms with Crippen LogP contribution >= 0.6 is 24.8 Å². The smallest absolute Gasteiger partial charge is 0.354 e. The van der Waals surface area contributed by atoms with Gasteiger partial charge in [-0.15, -0.1) is 24.8 Å². The molecule has 10 nitrogen and oxygen atoms in total. The zero-order chi connectivity index (χ0) is 18.3. The summed E-state index contributed by atoms with van der Waals surface area (Å²) in [5, 5.41) is 33.7. The van der Waals surface area contributed by atoms with Crippen LogP contribution in [0.5, 0.6) is 0 Å². The van der Waals surface area contributed by atoms with Gasteiger partial charge < -0.3 is 20.4 Å². The third-order valence-electron chi connectivity index (χ3n) is 2.46. The standard InChI is InChI=1S/2C7H5NO4.2ClH/c2*9-6(10)4-1-2-5(7(11)12)8-3-4;;/h2*1-3H,(H,9,10)(H,11,12);2*1H. The lowest BCUT2D eigenvalue weighted by atomic mass is 10.2. The molecule has 2 rings (SSSR count). The van der Waals surface area contributed by atoms with Gasteiger partial charge >= 0.3 is 23.9 Å². The number of aromatic carboxylic acids is 4. The minimum Gasteiger partial charge on any atom is -0.478 e. The van der Waals surface area contributed by atoms with Crippen molar-refractivity contribution in [1.82, 2.24) is 9.97 Å². The summed E-state index contributed by atoms with van der Waals surface area (Å²) in [5.41, 5.74) is -0.389. The van der Waals surface area contributed by atoms with Gasteiger partial charge in [-0.2, -0.15) is 0 Å². The second-order valence-electron chi connectivity index (χ2n) is 4.08. The third-order valence-corrected chi connectivity index (χ3v) is 2.46. The van der Waals surface area contributed by atoms with Gasteiger partial charge in [0, 0.05) is 12.4 Å². The number of aromatic nitrogens is 2. The van der Waals surface area contributed by atoms with Gasteiger partial charge in [-0.1, -0.05) is 0 Å². The predicted octanol–water partition coefficient (Wildman–Crippen LogP) is 1.80. The molecule has 2 aromatic heterocycles. The Morgan fingerprint density at radius 1 is 0.577 bits per heavy atom. The Morgan fingerprint density at radius 3 is 1.04 bits per heavy atom. The van der Waals surface area contributed by atoms with Crippen LogP contribution in [0.2, 0.25) is 0 Å². The molecule has 0 amide bonds. The number of nitrogens with zero attached hydrogens (tertiary/aromatic N) is 2. The SMILES string of the molecule is Cl.Cl.O=C(O)c1ccc(C(=O)O)nc1.O=C(O)c1ccc(C(=O)O)nc1. The summed E-state index contributed by atoms with van der Waals surface area (Å²) in [7, 11) is 0. The second-order valence-corrected chi connectivity index (χ2v) is 4.08. The Labute approximate surface area is 158 Å². The molecule has 0 fully saturated rings. The lowest BCUT2D eigenvalue weighted by molar-refractivity contribution is 0.0675. The highest BCUT2D eigenvalue weighted by Gasteiger charge is 2.07. The molecule has 0 saturated carbocycles. The van der Waals surface area contributed by atoms with Gasteiger partial charge in [0.05, 0.1) is 11.1 Å². The summed E-state index contributed by atoms with van der Waals surface area (Å²) in [6.07, 6.45) is 2.01. The van der Waals surface area contributed by atoms with Crippen LogP contribution in [0.15, 0.2) is 36.7 Å². The monoisotopic (exact) mass is 406 g/mol. The Bertz CT molecular complexity index is 645. The maximum absolute atomic E-state index is 10.3. The first-order valence-corrected chi connectivity index (χ1v) is 6.07. The van der Waals surface area contributed by atoms with Crippen molar-refractivity contribution < 1.29 is 39.6 Å². The maximum atomic E-state index is 10.3. The van der Waals surface area contributed by atoms with E-state index in [1.54, 1.807) is 0 Å². The number of hydrogen-bond acceptors (Lipinski definition) is 6. The summed E-state index contributed by atoms with van der Waals surface area (Å²) in [5.74, 6) is -4.60. The highest BCUT2D eigenvalue weighted by molar-refractivity contribution is 5.90. The van der Waals surface area contributed by atoms with Crippen molar-refractivity contribution in [2.45, 2.75) is 0 Å². The number of carboxylic acids is 4. The van der Waals surface area contributed by atoms with E-state index in [2.05, 4.69) is 9.97 Å². The first-order chi connectivity index (χ1) is 11.2. The number of carbonyl (C=O) groups is 4. The van der Waals surface area contributed by atoms with E-state index in [0.717, 1.165) is 24.5 Å². The molecule has 4 N–H and O–H groups in total. The minimum atomic E-state index is -1.17. The third kappa shape index (κ3) is 7.55. The molecule has 0 aliphatic rings. The quantitative estimate of drug-likeness (QED) is 0.585. The Hall–Kier alpha value is -3.24. The van der Waals surface area contributed by atoms with Crippen molar-refractivity contribution in [2.75, 3.05) is 0 Å². The van der Waals surface area contributed by atoms with E-state index in [0.29, 0.717) is 0 Å². The Balaban J connectivity index is 0. The summed E-state index contributed by atoms with van der Waals surface area (Å²) in [4.78, 5) is 48.0. The van der Waals surface area contributed by atoms with E-state index in [1.165, 1.54) is 12.1 Å². The first kappa shape index (κ1) is 25.0. The summed E-state index contributed by atoms with van der Waals surface area (Å²) in [6.45, 7) is 0. The summed E-state index contributed by atoms with van der Waals surface area (Å²) < 4.78 is 0. The predicted molar refractivity (Wildman–Crippen MR) is 90.8 cm³/mol. The largest absolute Gasteiger partial charge is 0.478 e. The molecule has 0 bridgehead atoms. The van der Waals surface area contributed by atoms with Crippen LogP contribution in [0.3, 0.4) is 0 Å². The minimum absolute atomic E-state index is 0. The molecule has 26 heavy (non-hydrogen) atoms. The fraction of sp³-hybridized carbons (Fsp3) is 0. The zero-order valence-corrected chi connectivity index (χ0v) is 14.2. The number of pyridine rings is 2. The van der Waals surface area contributed by atoms with Crippen molar-refractivity contribution in [2.24, 2.45) is 0 Å². The Kier molecular flexibility index (Phi) is 10.9. The zero-order valence-electron chi connectivity index (χ0n) is 12.6. The van der Waals surface area contributed by atoms with Crippen molar-refractivity contribution in [3.8, 4) is 0 Å². The van der Waals surface area contributed by atoms with Crippen LogP contribution in [-0.2, 0) is 0 Å². The van der Waals surface area contributed by atoms with Gasteiger partial charge in [0.2, 0.25) is 0 Å². The molecule has 2 heterocycles. The molecule has 0 aliphatic carbocycles. The van der Waals surface area contributed by atoms with Gasteiger partial charge in [-0.3, -0.25) is 0 Å². The lowest BCUT2D eigenvalue weighted by Gasteiger charge is -1.93. The van der Waals surface area contributed by atoms with Crippen molar-refractivity contribution in [3.05, 3.63) is 59.2 Å². The van der Waals surface area contributed by atoms with Gasteiger partial charge in [0.25, 0.3) is 0 Å². The average molecular weight is 407 g/mol. The van der Waals surface area contributed by atoms with Gasteiger partial charge in [-0.25, -0.2) is 29.1 Å². The molecular weight excluding hydrogens is 395 g/mol. The maximum Gasteiger partial charge on any atom is 0.354 e. The van der Waals surface area contributed by atoms with Gasteiger partial charge in [0.1, 0.15) is 11.4 Å². The molecule has 0 unspecified atom stereocenters. The molecule has 0 saturated heterocycles. The number of rotatable bonds is 4. The summed E-state index contributed by atoms with van der Waals surface area (Å²) >= 11 is 0. The highest BCUT2D eigenvalue weighted by Crippen LogP contribution is 2.00. The lowest BCUT2D eigenvalue weighted by Crippen LogP contribution is -2.02. The van der Waals surface area contributed by atoms with Crippen LogP contribution in [0.4, 0.5) is 0 Å². The summed E-state index contributed by atoms with van der Waals surface area (Å²) in [6, 6.07) is 4.68. The second kappa shape index (κ2) is 11.3. The van der Waals surface area contributed by atoms with Crippen LogP contribution in [0, 0.1) is 0 Å².